The molecule has 0 aliphatic heterocycles. The van der Waals surface area contributed by atoms with Crippen molar-refractivity contribution in [1.82, 2.24) is 15.2 Å². The van der Waals surface area contributed by atoms with Gasteiger partial charge in [0.15, 0.2) is 0 Å². The molecule has 0 unspecified atom stereocenters. The number of hydrogen-bond donors (Lipinski definition) is 1. The highest BCUT2D eigenvalue weighted by molar-refractivity contribution is 7.99. The first-order chi connectivity index (χ1) is 11.3. The second-order valence-electron chi connectivity index (χ2n) is 4.54. The molecule has 0 atom stereocenters. The predicted molar refractivity (Wildman–Crippen MR) is 88.3 cm³/mol. The highest BCUT2D eigenvalue weighted by Crippen LogP contribution is 2.24. The van der Waals surface area contributed by atoms with E-state index in [1.165, 1.54) is 0 Å². The third-order valence-corrected chi connectivity index (χ3v) is 3.94. The highest BCUT2D eigenvalue weighted by atomic mass is 32.2. The zero-order chi connectivity index (χ0) is 16.1. The fourth-order valence-electron chi connectivity index (χ4n) is 1.98. The van der Waals surface area contributed by atoms with Gasteiger partial charge in [0.25, 0.3) is 11.8 Å². The van der Waals surface area contributed by atoms with Crippen molar-refractivity contribution in [2.24, 2.45) is 0 Å². The van der Waals surface area contributed by atoms with Gasteiger partial charge in [-0.25, -0.2) is 0 Å². The minimum absolute atomic E-state index is 0.0603. The van der Waals surface area contributed by atoms with Crippen molar-refractivity contribution < 1.29 is 9.21 Å². The van der Waals surface area contributed by atoms with Gasteiger partial charge < -0.3 is 4.42 Å². The number of nitrogens with zero attached hydrogens (tertiary/aromatic N) is 3. The van der Waals surface area contributed by atoms with Gasteiger partial charge in [-0.2, -0.15) is 0 Å². The monoisotopic (exact) mass is 326 g/mol. The topological polar surface area (TPSA) is 80.9 Å². The number of hydrogen-bond acceptors (Lipinski definition) is 6. The summed E-state index contributed by atoms with van der Waals surface area (Å²) in [7, 11) is 0. The summed E-state index contributed by atoms with van der Waals surface area (Å²) in [5, 5.41) is 10.4. The van der Waals surface area contributed by atoms with E-state index >= 15 is 0 Å². The maximum atomic E-state index is 12.4. The van der Waals surface area contributed by atoms with Crippen LogP contribution in [0.15, 0.2) is 58.1 Å². The lowest BCUT2D eigenvalue weighted by molar-refractivity contribution is 0.102. The second kappa shape index (κ2) is 7.06. The fraction of sp³-hybridized carbons (Fsp3) is 0.125. The zero-order valence-corrected chi connectivity index (χ0v) is 13.2. The Morgan fingerprint density at radius 3 is 2.87 bits per heavy atom. The van der Waals surface area contributed by atoms with E-state index in [-0.39, 0.29) is 11.9 Å². The van der Waals surface area contributed by atoms with Gasteiger partial charge in [-0.3, -0.25) is 15.1 Å². The Morgan fingerprint density at radius 2 is 2.09 bits per heavy atom. The van der Waals surface area contributed by atoms with E-state index in [4.69, 9.17) is 4.42 Å². The van der Waals surface area contributed by atoms with Crippen molar-refractivity contribution in [3.8, 4) is 11.5 Å². The number of carbonyl (C=O) groups excluding carboxylic acids is 1. The number of anilines is 1. The molecule has 0 aliphatic rings. The average molecular weight is 326 g/mol. The number of amides is 1. The van der Waals surface area contributed by atoms with Crippen LogP contribution in [-0.2, 0) is 0 Å². The summed E-state index contributed by atoms with van der Waals surface area (Å²) in [6.45, 7) is 2.04. The molecule has 23 heavy (non-hydrogen) atoms. The van der Waals surface area contributed by atoms with Gasteiger partial charge >= 0.3 is 6.01 Å². The summed E-state index contributed by atoms with van der Waals surface area (Å²) >= 11 is 1.61. The minimum Gasteiger partial charge on any atom is -0.403 e. The molecule has 1 N–H and O–H groups in total. The minimum atomic E-state index is -0.275. The van der Waals surface area contributed by atoms with E-state index in [2.05, 4.69) is 20.5 Å². The molecule has 3 aromatic rings. The first kappa shape index (κ1) is 15.2. The summed E-state index contributed by atoms with van der Waals surface area (Å²) < 4.78 is 5.46. The molecule has 6 nitrogen and oxygen atoms in total. The SMILES string of the molecule is CCSc1ccccc1C(=O)Nc1nnc(-c2cccnc2)o1. The van der Waals surface area contributed by atoms with Crippen LogP contribution in [0.1, 0.15) is 17.3 Å². The maximum Gasteiger partial charge on any atom is 0.322 e. The van der Waals surface area contributed by atoms with Crippen LogP contribution >= 0.6 is 11.8 Å². The van der Waals surface area contributed by atoms with Gasteiger partial charge in [-0.05, 0) is 30.0 Å². The van der Waals surface area contributed by atoms with Crippen LogP contribution in [-0.4, -0.2) is 26.8 Å². The van der Waals surface area contributed by atoms with E-state index in [1.54, 1.807) is 42.4 Å². The summed E-state index contributed by atoms with van der Waals surface area (Å²) in [4.78, 5) is 17.3. The third kappa shape index (κ3) is 3.57. The number of aromatic nitrogens is 3. The number of rotatable bonds is 5. The van der Waals surface area contributed by atoms with Crippen molar-refractivity contribution in [1.29, 1.82) is 0 Å². The molecule has 1 aromatic carbocycles. The molecular weight excluding hydrogens is 312 g/mol. The average Bonchev–Trinajstić information content (AvgIpc) is 3.05. The fourth-order valence-corrected chi connectivity index (χ4v) is 2.78. The molecule has 3 rings (SSSR count). The Bertz CT molecular complexity index is 805. The summed E-state index contributed by atoms with van der Waals surface area (Å²) in [6, 6.07) is 11.1. The van der Waals surface area contributed by atoms with Gasteiger partial charge in [0, 0.05) is 17.3 Å². The molecule has 2 aromatic heterocycles. The van der Waals surface area contributed by atoms with Gasteiger partial charge in [0.1, 0.15) is 0 Å². The van der Waals surface area contributed by atoms with E-state index in [1.807, 2.05) is 25.1 Å². The van der Waals surface area contributed by atoms with Gasteiger partial charge in [-0.1, -0.05) is 24.2 Å². The summed E-state index contributed by atoms with van der Waals surface area (Å²) in [6.07, 6.45) is 3.27. The predicted octanol–water partition coefficient (Wildman–Crippen LogP) is 3.50. The number of benzene rings is 1. The van der Waals surface area contributed by atoms with Crippen LogP contribution in [0.25, 0.3) is 11.5 Å². The van der Waals surface area contributed by atoms with Gasteiger partial charge in [0.05, 0.1) is 11.1 Å². The third-order valence-electron chi connectivity index (χ3n) is 2.99. The smallest absolute Gasteiger partial charge is 0.322 e. The van der Waals surface area contributed by atoms with Crippen molar-refractivity contribution in [2.75, 3.05) is 11.1 Å². The maximum absolute atomic E-state index is 12.4. The molecule has 0 aliphatic carbocycles. The molecule has 0 saturated carbocycles. The molecule has 1 amide bonds. The quantitative estimate of drug-likeness (QED) is 0.723. The van der Waals surface area contributed by atoms with Crippen LogP contribution < -0.4 is 5.32 Å². The lowest BCUT2D eigenvalue weighted by Gasteiger charge is -2.06. The molecule has 0 spiro atoms. The Labute approximate surface area is 137 Å². The lowest BCUT2D eigenvalue weighted by Crippen LogP contribution is -2.13. The van der Waals surface area contributed by atoms with E-state index in [0.29, 0.717) is 17.0 Å². The Balaban J connectivity index is 1.78. The molecular formula is C16H14N4O2S. The molecule has 0 fully saturated rings. The highest BCUT2D eigenvalue weighted by Gasteiger charge is 2.15. The molecule has 2 heterocycles. The summed E-state index contributed by atoms with van der Waals surface area (Å²) in [5.74, 6) is 0.920. The van der Waals surface area contributed by atoms with E-state index in [9.17, 15) is 4.79 Å². The molecule has 0 saturated heterocycles. The molecule has 0 bridgehead atoms. The number of carbonyl (C=O) groups is 1. The standard InChI is InChI=1S/C16H14N4O2S/c1-2-23-13-8-4-3-7-12(13)14(21)18-16-20-19-15(22-16)11-6-5-9-17-10-11/h3-10H,2H2,1H3,(H,18,20,21). The first-order valence-electron chi connectivity index (χ1n) is 7.05. The van der Waals surface area contributed by atoms with Crippen LogP contribution in [0.2, 0.25) is 0 Å². The largest absolute Gasteiger partial charge is 0.403 e. The van der Waals surface area contributed by atoms with Crippen LogP contribution in [0, 0.1) is 0 Å². The van der Waals surface area contributed by atoms with Crippen molar-refractivity contribution >= 4 is 23.7 Å². The van der Waals surface area contributed by atoms with Crippen molar-refractivity contribution in [2.45, 2.75) is 11.8 Å². The van der Waals surface area contributed by atoms with Crippen LogP contribution in [0.5, 0.6) is 0 Å². The van der Waals surface area contributed by atoms with Crippen molar-refractivity contribution in [3.63, 3.8) is 0 Å². The van der Waals surface area contributed by atoms with Crippen LogP contribution in [0.4, 0.5) is 6.01 Å². The Kier molecular flexibility index (Phi) is 4.68. The summed E-state index contributed by atoms with van der Waals surface area (Å²) in [5.41, 5.74) is 1.28. The molecule has 116 valence electrons. The zero-order valence-electron chi connectivity index (χ0n) is 12.4. The second-order valence-corrected chi connectivity index (χ2v) is 5.84. The Hall–Kier alpha value is -2.67. The number of pyridine rings is 1. The van der Waals surface area contributed by atoms with Crippen LogP contribution in [0.3, 0.4) is 0 Å². The van der Waals surface area contributed by atoms with Gasteiger partial charge in [0.2, 0.25) is 0 Å². The lowest BCUT2D eigenvalue weighted by atomic mass is 10.2. The molecule has 7 heteroatoms. The number of nitrogens with one attached hydrogen (secondary N) is 1. The van der Waals surface area contributed by atoms with E-state index in [0.717, 1.165) is 10.6 Å². The number of thioether (sulfide) groups is 1. The molecule has 0 radical (unpaired) electrons. The first-order valence-corrected chi connectivity index (χ1v) is 8.03. The van der Waals surface area contributed by atoms with E-state index < -0.39 is 0 Å². The Morgan fingerprint density at radius 1 is 1.22 bits per heavy atom. The van der Waals surface area contributed by atoms with Crippen molar-refractivity contribution in [3.05, 3.63) is 54.4 Å². The van der Waals surface area contributed by atoms with Gasteiger partial charge in [-0.15, -0.1) is 16.9 Å². The normalized spacial score (nSPS) is 10.5.